The summed E-state index contributed by atoms with van der Waals surface area (Å²) in [5.41, 5.74) is 1.49. The third-order valence-corrected chi connectivity index (χ3v) is 5.16. The summed E-state index contributed by atoms with van der Waals surface area (Å²) < 4.78 is 5.17. The molecule has 1 aromatic carbocycles. The first-order valence-electron chi connectivity index (χ1n) is 9.56. The molecule has 1 aromatic heterocycles. The lowest BCUT2D eigenvalue weighted by Gasteiger charge is -2.43. The highest BCUT2D eigenvalue weighted by molar-refractivity contribution is 5.95. The van der Waals surface area contributed by atoms with Crippen LogP contribution in [0, 0.1) is 0 Å². The number of nitrogens with zero attached hydrogens (tertiary/aromatic N) is 4. The van der Waals surface area contributed by atoms with Gasteiger partial charge < -0.3 is 9.64 Å². The maximum absolute atomic E-state index is 13.1. The lowest BCUT2D eigenvalue weighted by Crippen LogP contribution is -2.56. The Kier molecular flexibility index (Phi) is 6.06. The van der Waals surface area contributed by atoms with Gasteiger partial charge in [0.1, 0.15) is 0 Å². The number of amides is 1. The van der Waals surface area contributed by atoms with E-state index in [9.17, 15) is 4.79 Å². The Balaban J connectivity index is 1.79. The number of aromatic nitrogens is 2. The molecule has 1 fully saturated rings. The van der Waals surface area contributed by atoms with Crippen LogP contribution < -0.4 is 4.74 Å². The molecule has 0 aliphatic carbocycles. The Morgan fingerprint density at radius 3 is 2.81 bits per heavy atom. The van der Waals surface area contributed by atoms with Crippen molar-refractivity contribution in [1.29, 1.82) is 0 Å². The van der Waals surface area contributed by atoms with Gasteiger partial charge in [-0.2, -0.15) is 4.98 Å². The summed E-state index contributed by atoms with van der Waals surface area (Å²) in [6.07, 6.45) is 2.70. The maximum Gasteiger partial charge on any atom is 0.253 e. The van der Waals surface area contributed by atoms with Gasteiger partial charge in [0, 0.05) is 55.1 Å². The van der Waals surface area contributed by atoms with Crippen LogP contribution in [0.25, 0.3) is 11.4 Å². The molecule has 1 saturated heterocycles. The first-order chi connectivity index (χ1) is 13.0. The summed E-state index contributed by atoms with van der Waals surface area (Å²) >= 11 is 0. The van der Waals surface area contributed by atoms with E-state index in [-0.39, 0.29) is 5.91 Å². The fourth-order valence-electron chi connectivity index (χ4n) is 3.67. The number of rotatable bonds is 5. The molecule has 1 amide bonds. The quantitative estimate of drug-likeness (QED) is 0.812. The van der Waals surface area contributed by atoms with Crippen molar-refractivity contribution >= 4 is 5.91 Å². The van der Waals surface area contributed by atoms with Gasteiger partial charge in [0.15, 0.2) is 5.82 Å². The Bertz CT molecular complexity index is 793. The molecule has 0 bridgehead atoms. The fraction of sp³-hybridized carbons (Fsp3) is 0.476. The van der Waals surface area contributed by atoms with Crippen LogP contribution >= 0.6 is 0 Å². The molecule has 144 valence electrons. The van der Waals surface area contributed by atoms with Gasteiger partial charge >= 0.3 is 0 Å². The topological polar surface area (TPSA) is 58.6 Å². The van der Waals surface area contributed by atoms with Crippen molar-refractivity contribution in [1.82, 2.24) is 19.8 Å². The van der Waals surface area contributed by atoms with Gasteiger partial charge in [0.05, 0.1) is 7.11 Å². The lowest BCUT2D eigenvalue weighted by atomic mass is 10.0. The van der Waals surface area contributed by atoms with Gasteiger partial charge in [0.2, 0.25) is 5.88 Å². The standard InChI is InChI=1S/C21H28N4O2/c1-5-18-14-24(11-12-25(18)15(2)3)21(26)17-8-6-7-16(13-17)20-22-10-9-19(23-20)27-4/h6-10,13,15,18H,5,11-12,14H2,1-4H3/t18-/m1/s1. The highest BCUT2D eigenvalue weighted by atomic mass is 16.5. The first kappa shape index (κ1) is 19.3. The third-order valence-electron chi connectivity index (χ3n) is 5.16. The predicted octanol–water partition coefficient (Wildman–Crippen LogP) is 3.10. The lowest BCUT2D eigenvalue weighted by molar-refractivity contribution is 0.0371. The van der Waals surface area contributed by atoms with Crippen LogP contribution in [-0.2, 0) is 0 Å². The highest BCUT2D eigenvalue weighted by Crippen LogP contribution is 2.21. The summed E-state index contributed by atoms with van der Waals surface area (Å²) in [7, 11) is 1.58. The van der Waals surface area contributed by atoms with Crippen LogP contribution in [-0.4, -0.2) is 64.5 Å². The third kappa shape index (κ3) is 4.27. The number of carbonyl (C=O) groups is 1. The summed E-state index contributed by atoms with van der Waals surface area (Å²) in [5, 5.41) is 0. The van der Waals surface area contributed by atoms with Crippen LogP contribution in [0.1, 0.15) is 37.6 Å². The molecule has 2 heterocycles. The van der Waals surface area contributed by atoms with Crippen molar-refractivity contribution in [2.24, 2.45) is 0 Å². The van der Waals surface area contributed by atoms with Crippen LogP contribution in [0.4, 0.5) is 0 Å². The van der Waals surface area contributed by atoms with Gasteiger partial charge in [-0.15, -0.1) is 0 Å². The molecule has 0 saturated carbocycles. The normalized spacial score (nSPS) is 18.0. The number of hydrogen-bond acceptors (Lipinski definition) is 5. The Morgan fingerprint density at radius 1 is 1.30 bits per heavy atom. The minimum Gasteiger partial charge on any atom is -0.481 e. The minimum absolute atomic E-state index is 0.0709. The van der Waals surface area contributed by atoms with Gasteiger partial charge in [0.25, 0.3) is 5.91 Å². The molecular weight excluding hydrogens is 340 g/mol. The molecule has 1 aliphatic heterocycles. The molecule has 0 radical (unpaired) electrons. The highest BCUT2D eigenvalue weighted by Gasteiger charge is 2.30. The second-order valence-corrected chi connectivity index (χ2v) is 7.15. The number of methoxy groups -OCH3 is 1. The van der Waals surface area contributed by atoms with Gasteiger partial charge in [-0.3, -0.25) is 9.69 Å². The van der Waals surface area contributed by atoms with Crippen LogP contribution in [0.2, 0.25) is 0 Å². The average molecular weight is 368 g/mol. The summed E-state index contributed by atoms with van der Waals surface area (Å²) in [6, 6.07) is 10.1. The molecule has 3 rings (SSSR count). The van der Waals surface area contributed by atoms with E-state index in [1.165, 1.54) is 0 Å². The van der Waals surface area contributed by atoms with Gasteiger partial charge in [-0.05, 0) is 32.4 Å². The van der Waals surface area contributed by atoms with Crippen LogP contribution in [0.15, 0.2) is 36.5 Å². The summed E-state index contributed by atoms with van der Waals surface area (Å²) in [4.78, 5) is 26.2. The van der Waals surface area contributed by atoms with E-state index in [2.05, 4.69) is 35.6 Å². The average Bonchev–Trinajstić information content (AvgIpc) is 2.72. The summed E-state index contributed by atoms with van der Waals surface area (Å²) in [6.45, 7) is 9.08. The van der Waals surface area contributed by atoms with Crippen LogP contribution in [0.3, 0.4) is 0 Å². The van der Waals surface area contributed by atoms with Gasteiger partial charge in [-0.25, -0.2) is 4.98 Å². The zero-order valence-electron chi connectivity index (χ0n) is 16.6. The molecular formula is C21H28N4O2. The first-order valence-corrected chi connectivity index (χ1v) is 9.56. The minimum atomic E-state index is 0.0709. The second kappa shape index (κ2) is 8.48. The van der Waals surface area contributed by atoms with Crippen molar-refractivity contribution in [3.05, 3.63) is 42.1 Å². The Labute approximate surface area is 161 Å². The van der Waals surface area contributed by atoms with E-state index in [0.717, 1.165) is 31.6 Å². The molecule has 1 atom stereocenters. The van der Waals surface area contributed by atoms with Crippen LogP contribution in [0.5, 0.6) is 5.88 Å². The molecule has 6 heteroatoms. The van der Waals surface area contributed by atoms with E-state index in [0.29, 0.717) is 29.4 Å². The van der Waals surface area contributed by atoms with E-state index in [1.807, 2.05) is 29.2 Å². The number of benzene rings is 1. The summed E-state index contributed by atoms with van der Waals surface area (Å²) in [5.74, 6) is 1.13. The largest absolute Gasteiger partial charge is 0.481 e. The van der Waals surface area contributed by atoms with Crippen molar-refractivity contribution in [3.63, 3.8) is 0 Å². The van der Waals surface area contributed by atoms with Gasteiger partial charge in [-0.1, -0.05) is 19.1 Å². The molecule has 0 unspecified atom stereocenters. The van der Waals surface area contributed by atoms with E-state index in [4.69, 9.17) is 4.74 Å². The zero-order valence-corrected chi connectivity index (χ0v) is 16.6. The number of piperazine rings is 1. The van der Waals surface area contributed by atoms with E-state index < -0.39 is 0 Å². The molecule has 2 aromatic rings. The van der Waals surface area contributed by atoms with Crippen molar-refractivity contribution in [3.8, 4) is 17.3 Å². The fourth-order valence-corrected chi connectivity index (χ4v) is 3.67. The SMILES string of the molecule is CC[C@@H]1CN(C(=O)c2cccc(-c3nccc(OC)n3)c2)CCN1C(C)C. The van der Waals surface area contributed by atoms with Crippen molar-refractivity contribution < 1.29 is 9.53 Å². The zero-order chi connectivity index (χ0) is 19.4. The Hall–Kier alpha value is -2.47. The van der Waals surface area contributed by atoms with E-state index in [1.54, 1.807) is 19.4 Å². The Morgan fingerprint density at radius 2 is 2.11 bits per heavy atom. The molecule has 0 N–H and O–H groups in total. The second-order valence-electron chi connectivity index (χ2n) is 7.15. The predicted molar refractivity (Wildman–Crippen MR) is 106 cm³/mol. The van der Waals surface area contributed by atoms with Crippen molar-refractivity contribution in [2.45, 2.75) is 39.3 Å². The smallest absolute Gasteiger partial charge is 0.253 e. The molecule has 1 aliphatic rings. The van der Waals surface area contributed by atoms with Crippen molar-refractivity contribution in [2.75, 3.05) is 26.7 Å². The molecule has 27 heavy (non-hydrogen) atoms. The van der Waals surface area contributed by atoms with E-state index >= 15 is 0 Å². The number of carbonyl (C=O) groups excluding carboxylic acids is 1. The monoisotopic (exact) mass is 368 g/mol. The number of hydrogen-bond donors (Lipinski definition) is 0. The number of ether oxygens (including phenoxy) is 1. The maximum atomic E-state index is 13.1. The molecule has 6 nitrogen and oxygen atoms in total. The molecule has 0 spiro atoms.